The van der Waals surface area contributed by atoms with E-state index in [1.165, 1.54) is 25.3 Å². The van der Waals surface area contributed by atoms with E-state index in [4.69, 9.17) is 16.9 Å². The Kier molecular flexibility index (Phi) is 5.10. The molecule has 5 nitrogen and oxygen atoms in total. The maximum absolute atomic E-state index is 11.0. The highest BCUT2D eigenvalue weighted by Crippen LogP contribution is 2.24. The van der Waals surface area contributed by atoms with Crippen LogP contribution >= 0.6 is 11.6 Å². The maximum atomic E-state index is 11.0. The van der Waals surface area contributed by atoms with Crippen molar-refractivity contribution < 1.29 is 19.7 Å². The van der Waals surface area contributed by atoms with Crippen LogP contribution in [0, 0.1) is 11.3 Å². The van der Waals surface area contributed by atoms with E-state index in [0.717, 1.165) is 0 Å². The molecule has 18 heavy (non-hydrogen) atoms. The summed E-state index contributed by atoms with van der Waals surface area (Å²) in [4.78, 5) is 11.0. The maximum Gasteiger partial charge on any atom is 0.308 e. The molecule has 1 rings (SSSR count). The van der Waals surface area contributed by atoms with Gasteiger partial charge in [-0.2, -0.15) is 5.26 Å². The number of nitriles is 1. The molecule has 0 spiro atoms. The fourth-order valence-corrected chi connectivity index (χ4v) is 1.63. The van der Waals surface area contributed by atoms with Gasteiger partial charge in [0, 0.05) is 0 Å². The normalized spacial score (nSPS) is 13.5. The quantitative estimate of drug-likeness (QED) is 0.801. The minimum absolute atomic E-state index is 0.180. The van der Waals surface area contributed by atoms with Crippen molar-refractivity contribution in [2.75, 3.05) is 7.11 Å². The number of aliphatic hydroxyl groups is 2. The lowest BCUT2D eigenvalue weighted by atomic mass is 10.0. The van der Waals surface area contributed by atoms with Gasteiger partial charge in [-0.3, -0.25) is 4.79 Å². The highest BCUT2D eigenvalue weighted by molar-refractivity contribution is 6.31. The first-order valence-electron chi connectivity index (χ1n) is 5.12. The summed E-state index contributed by atoms with van der Waals surface area (Å²) in [6, 6.07) is 6.17. The van der Waals surface area contributed by atoms with Crippen LogP contribution in [-0.4, -0.2) is 29.4 Å². The van der Waals surface area contributed by atoms with Gasteiger partial charge in [-0.05, 0) is 17.7 Å². The predicted molar refractivity (Wildman–Crippen MR) is 63.8 cm³/mol. The van der Waals surface area contributed by atoms with Crippen molar-refractivity contribution in [2.24, 2.45) is 0 Å². The van der Waals surface area contributed by atoms with E-state index in [1.807, 2.05) is 6.07 Å². The smallest absolute Gasteiger partial charge is 0.308 e. The third-order valence-corrected chi connectivity index (χ3v) is 2.74. The largest absolute Gasteiger partial charge is 0.469 e. The number of halogens is 1. The number of esters is 1. The first-order valence-corrected chi connectivity index (χ1v) is 5.50. The molecule has 0 aliphatic heterocycles. The van der Waals surface area contributed by atoms with Crippen molar-refractivity contribution in [1.82, 2.24) is 0 Å². The van der Waals surface area contributed by atoms with Gasteiger partial charge in [0.05, 0.1) is 30.2 Å². The Morgan fingerprint density at radius 1 is 1.56 bits per heavy atom. The number of hydrogen-bond acceptors (Lipinski definition) is 5. The summed E-state index contributed by atoms with van der Waals surface area (Å²) in [5.41, 5.74) is 0.602. The Labute approximate surface area is 109 Å². The van der Waals surface area contributed by atoms with Crippen LogP contribution in [0.2, 0.25) is 5.02 Å². The average Bonchev–Trinajstić information content (AvgIpc) is 2.37. The molecule has 0 heterocycles. The zero-order valence-corrected chi connectivity index (χ0v) is 10.4. The lowest BCUT2D eigenvalue weighted by molar-refractivity contribution is -0.144. The number of carbonyl (C=O) groups is 1. The van der Waals surface area contributed by atoms with Gasteiger partial charge in [0.25, 0.3) is 0 Å². The van der Waals surface area contributed by atoms with E-state index in [9.17, 15) is 15.0 Å². The second-order valence-electron chi connectivity index (χ2n) is 3.64. The number of ether oxygens (including phenoxy) is 1. The van der Waals surface area contributed by atoms with Gasteiger partial charge in [-0.15, -0.1) is 0 Å². The molecule has 0 bridgehead atoms. The van der Waals surface area contributed by atoms with Crippen LogP contribution < -0.4 is 0 Å². The molecule has 2 atom stereocenters. The molecule has 1 aromatic rings. The Balaban J connectivity index is 2.84. The summed E-state index contributed by atoms with van der Waals surface area (Å²) < 4.78 is 4.39. The molecular formula is C12H12ClNO4. The van der Waals surface area contributed by atoms with Crippen LogP contribution in [-0.2, 0) is 9.53 Å². The fourth-order valence-electron chi connectivity index (χ4n) is 1.39. The number of methoxy groups -OCH3 is 1. The monoisotopic (exact) mass is 269 g/mol. The molecule has 0 fully saturated rings. The molecule has 0 amide bonds. The van der Waals surface area contributed by atoms with Crippen LogP contribution in [0.25, 0.3) is 0 Å². The number of benzene rings is 1. The Morgan fingerprint density at radius 2 is 2.22 bits per heavy atom. The molecule has 0 saturated carbocycles. The van der Waals surface area contributed by atoms with Gasteiger partial charge >= 0.3 is 5.97 Å². The van der Waals surface area contributed by atoms with Crippen LogP contribution in [0.3, 0.4) is 0 Å². The Bertz CT molecular complexity index is 483. The molecule has 2 unspecified atom stereocenters. The van der Waals surface area contributed by atoms with E-state index in [2.05, 4.69) is 4.74 Å². The van der Waals surface area contributed by atoms with Crippen LogP contribution in [0.15, 0.2) is 18.2 Å². The van der Waals surface area contributed by atoms with E-state index in [1.54, 1.807) is 0 Å². The summed E-state index contributed by atoms with van der Waals surface area (Å²) in [7, 11) is 1.19. The lowest BCUT2D eigenvalue weighted by Crippen LogP contribution is -2.22. The minimum atomic E-state index is -1.29. The first-order chi connectivity index (χ1) is 8.49. The SMILES string of the molecule is COC(=O)CC(O)C(O)c1ccc(C#N)c(Cl)c1. The predicted octanol–water partition coefficient (Wildman–Crippen LogP) is 1.17. The lowest BCUT2D eigenvalue weighted by Gasteiger charge is -2.17. The summed E-state index contributed by atoms with van der Waals surface area (Å²) in [5.74, 6) is -0.624. The van der Waals surface area contributed by atoms with Crippen LogP contribution in [0.1, 0.15) is 23.7 Å². The van der Waals surface area contributed by atoms with Crippen molar-refractivity contribution in [2.45, 2.75) is 18.6 Å². The summed E-state index contributed by atoms with van der Waals surface area (Å²) in [6.45, 7) is 0. The Hall–Kier alpha value is -1.61. The number of hydrogen-bond donors (Lipinski definition) is 2. The standard InChI is InChI=1S/C12H12ClNO4/c1-18-11(16)5-10(15)12(17)7-2-3-8(6-14)9(13)4-7/h2-4,10,12,15,17H,5H2,1H3. The van der Waals surface area contributed by atoms with E-state index in [-0.39, 0.29) is 17.0 Å². The third kappa shape index (κ3) is 3.44. The summed E-state index contributed by atoms with van der Waals surface area (Å²) in [5, 5.41) is 28.3. The highest BCUT2D eigenvalue weighted by Gasteiger charge is 2.22. The molecule has 0 aromatic heterocycles. The molecule has 2 N–H and O–H groups in total. The highest BCUT2D eigenvalue weighted by atomic mass is 35.5. The van der Waals surface area contributed by atoms with E-state index < -0.39 is 18.2 Å². The molecule has 0 saturated heterocycles. The second kappa shape index (κ2) is 6.36. The zero-order chi connectivity index (χ0) is 13.7. The van der Waals surface area contributed by atoms with Crippen molar-refractivity contribution in [3.63, 3.8) is 0 Å². The number of nitrogens with zero attached hydrogens (tertiary/aromatic N) is 1. The molecule has 0 aliphatic rings. The van der Waals surface area contributed by atoms with Crippen LogP contribution in [0.5, 0.6) is 0 Å². The van der Waals surface area contributed by atoms with Gasteiger partial charge < -0.3 is 14.9 Å². The number of carbonyl (C=O) groups excluding carboxylic acids is 1. The van der Waals surface area contributed by atoms with Crippen LogP contribution in [0.4, 0.5) is 0 Å². The van der Waals surface area contributed by atoms with Gasteiger partial charge in [-0.1, -0.05) is 17.7 Å². The first kappa shape index (κ1) is 14.5. The number of aliphatic hydroxyl groups excluding tert-OH is 2. The average molecular weight is 270 g/mol. The molecule has 6 heteroatoms. The van der Waals surface area contributed by atoms with E-state index >= 15 is 0 Å². The van der Waals surface area contributed by atoms with Crippen molar-refractivity contribution in [1.29, 1.82) is 5.26 Å². The minimum Gasteiger partial charge on any atom is -0.469 e. The molecule has 0 aliphatic carbocycles. The Morgan fingerprint density at radius 3 is 2.72 bits per heavy atom. The van der Waals surface area contributed by atoms with Gasteiger partial charge in [0.2, 0.25) is 0 Å². The van der Waals surface area contributed by atoms with Crippen molar-refractivity contribution >= 4 is 17.6 Å². The van der Waals surface area contributed by atoms with Gasteiger partial charge in [0.1, 0.15) is 12.2 Å². The zero-order valence-electron chi connectivity index (χ0n) is 9.63. The van der Waals surface area contributed by atoms with Gasteiger partial charge in [0.15, 0.2) is 0 Å². The third-order valence-electron chi connectivity index (χ3n) is 2.42. The second-order valence-corrected chi connectivity index (χ2v) is 4.05. The summed E-state index contributed by atoms with van der Waals surface area (Å²) in [6.07, 6.45) is -2.88. The number of rotatable bonds is 4. The molecule has 96 valence electrons. The molecular weight excluding hydrogens is 258 g/mol. The van der Waals surface area contributed by atoms with E-state index in [0.29, 0.717) is 5.56 Å². The fraction of sp³-hybridized carbons (Fsp3) is 0.333. The topological polar surface area (TPSA) is 90.6 Å². The van der Waals surface area contributed by atoms with Crippen molar-refractivity contribution in [3.8, 4) is 6.07 Å². The molecule has 0 radical (unpaired) electrons. The van der Waals surface area contributed by atoms with Crippen molar-refractivity contribution in [3.05, 3.63) is 34.3 Å². The molecule has 1 aromatic carbocycles. The van der Waals surface area contributed by atoms with Gasteiger partial charge in [-0.25, -0.2) is 0 Å². The summed E-state index contributed by atoms with van der Waals surface area (Å²) >= 11 is 5.80.